The van der Waals surface area contributed by atoms with E-state index < -0.39 is 19.5 Å². The van der Waals surface area contributed by atoms with E-state index in [0.717, 1.165) is 31.7 Å². The Balaban J connectivity index is 2.49. The Morgan fingerprint density at radius 1 is 0.923 bits per heavy atom. The average molecular weight is 387 g/mol. The fraction of sp³-hybridized carbons (Fsp3) is 0.952. The van der Waals surface area contributed by atoms with Crippen LogP contribution in [0.5, 0.6) is 0 Å². The van der Waals surface area contributed by atoms with Gasteiger partial charge in [-0.25, -0.2) is 4.79 Å². The standard InChI is InChI=1S/C21H42O4Si/c1-18(2,3)13-11-12-14-21(24-25-21)17(22)23-20(7,8)15-16-26(9,10)19(4,5)6/h11-16H2,1-10H3. The van der Waals surface area contributed by atoms with Crippen LogP contribution in [-0.4, -0.2) is 25.4 Å². The van der Waals surface area contributed by atoms with Gasteiger partial charge in [0.2, 0.25) is 0 Å². The zero-order valence-corrected chi connectivity index (χ0v) is 19.9. The number of unbranched alkanes of at least 4 members (excludes halogenated alkanes) is 1. The summed E-state index contributed by atoms with van der Waals surface area (Å²) < 4.78 is 5.80. The molecule has 1 aliphatic heterocycles. The Morgan fingerprint density at radius 2 is 1.46 bits per heavy atom. The number of carbonyl (C=O) groups is 1. The summed E-state index contributed by atoms with van der Waals surface area (Å²) in [6, 6.07) is 1.12. The molecule has 4 nitrogen and oxygen atoms in total. The van der Waals surface area contributed by atoms with E-state index in [2.05, 4.69) is 54.6 Å². The van der Waals surface area contributed by atoms with Crippen LogP contribution in [0.4, 0.5) is 0 Å². The van der Waals surface area contributed by atoms with E-state index in [0.29, 0.717) is 16.9 Å². The first-order chi connectivity index (χ1) is 11.5. The second-order valence-corrected chi connectivity index (χ2v) is 17.2. The van der Waals surface area contributed by atoms with Crippen molar-refractivity contribution in [2.75, 3.05) is 0 Å². The fourth-order valence-corrected chi connectivity index (χ4v) is 4.66. The molecule has 1 fully saturated rings. The maximum absolute atomic E-state index is 12.6. The van der Waals surface area contributed by atoms with E-state index >= 15 is 0 Å². The Bertz CT molecular complexity index is 479. The zero-order chi connectivity index (χ0) is 20.4. The molecule has 1 saturated heterocycles. The molecule has 0 bridgehead atoms. The SMILES string of the molecule is CC(C)(C)CCCCC1(C(=O)OC(C)(C)CC[Si](C)(C)C(C)(C)C)OO1. The molecule has 0 aromatic carbocycles. The molecule has 0 saturated carbocycles. The van der Waals surface area contributed by atoms with Crippen molar-refractivity contribution in [3.8, 4) is 0 Å². The summed E-state index contributed by atoms with van der Waals surface area (Å²) in [6.07, 6.45) is 4.52. The van der Waals surface area contributed by atoms with Gasteiger partial charge in [0.1, 0.15) is 5.60 Å². The van der Waals surface area contributed by atoms with Gasteiger partial charge in [-0.05, 0) is 43.6 Å². The van der Waals surface area contributed by atoms with Crippen molar-refractivity contribution < 1.29 is 19.3 Å². The number of carbonyl (C=O) groups excluding carboxylic acids is 1. The van der Waals surface area contributed by atoms with Gasteiger partial charge in [-0.15, -0.1) is 0 Å². The predicted molar refractivity (Wildman–Crippen MR) is 110 cm³/mol. The highest BCUT2D eigenvalue weighted by atomic mass is 28.3. The lowest BCUT2D eigenvalue weighted by molar-refractivity contribution is -0.164. The zero-order valence-electron chi connectivity index (χ0n) is 18.9. The quantitative estimate of drug-likeness (QED) is 0.150. The van der Waals surface area contributed by atoms with Crippen molar-refractivity contribution in [3.63, 3.8) is 0 Å². The van der Waals surface area contributed by atoms with E-state index in [1.165, 1.54) is 0 Å². The molecule has 0 radical (unpaired) electrons. The Morgan fingerprint density at radius 3 is 1.88 bits per heavy atom. The highest BCUT2D eigenvalue weighted by molar-refractivity contribution is 6.80. The molecule has 0 unspecified atom stereocenters. The molecule has 0 N–H and O–H groups in total. The molecule has 1 heterocycles. The molecular weight excluding hydrogens is 344 g/mol. The number of hydrogen-bond acceptors (Lipinski definition) is 4. The first-order valence-corrected chi connectivity index (χ1v) is 13.3. The normalized spacial score (nSPS) is 17.9. The Labute approximate surface area is 162 Å². The minimum Gasteiger partial charge on any atom is -0.456 e. The van der Waals surface area contributed by atoms with E-state index in [1.807, 2.05) is 13.8 Å². The van der Waals surface area contributed by atoms with E-state index in [-0.39, 0.29) is 5.97 Å². The van der Waals surface area contributed by atoms with Gasteiger partial charge in [0.15, 0.2) is 0 Å². The third-order valence-electron chi connectivity index (χ3n) is 6.03. The van der Waals surface area contributed by atoms with E-state index in [4.69, 9.17) is 14.5 Å². The van der Waals surface area contributed by atoms with Crippen molar-refractivity contribution >= 4 is 14.0 Å². The molecule has 0 amide bonds. The summed E-state index contributed by atoms with van der Waals surface area (Å²) in [5.74, 6) is -1.51. The monoisotopic (exact) mass is 386 g/mol. The van der Waals surface area contributed by atoms with Crippen LogP contribution in [-0.2, 0) is 19.3 Å². The summed E-state index contributed by atoms with van der Waals surface area (Å²) >= 11 is 0. The third kappa shape index (κ3) is 7.32. The van der Waals surface area contributed by atoms with Crippen molar-refractivity contribution in [3.05, 3.63) is 0 Å². The van der Waals surface area contributed by atoms with Crippen LogP contribution >= 0.6 is 0 Å². The van der Waals surface area contributed by atoms with Crippen LogP contribution in [0.2, 0.25) is 24.2 Å². The smallest absolute Gasteiger partial charge is 0.373 e. The minimum atomic E-state index is -1.39. The highest BCUT2D eigenvalue weighted by Crippen LogP contribution is 2.42. The summed E-state index contributed by atoms with van der Waals surface area (Å²) in [7, 11) is -1.39. The molecular formula is C21H42O4Si. The lowest BCUT2D eigenvalue weighted by Gasteiger charge is -2.39. The van der Waals surface area contributed by atoms with Crippen LogP contribution in [0.1, 0.15) is 87.5 Å². The summed E-state index contributed by atoms with van der Waals surface area (Å²) in [4.78, 5) is 22.7. The molecule has 1 aliphatic rings. The largest absolute Gasteiger partial charge is 0.456 e. The molecule has 0 atom stereocenters. The van der Waals surface area contributed by atoms with Crippen molar-refractivity contribution in [2.24, 2.45) is 5.41 Å². The molecule has 5 heteroatoms. The summed E-state index contributed by atoms with van der Waals surface area (Å²) in [5.41, 5.74) is -0.189. The highest BCUT2D eigenvalue weighted by Gasteiger charge is 2.58. The number of rotatable bonds is 9. The van der Waals surface area contributed by atoms with Gasteiger partial charge in [-0.1, -0.05) is 67.1 Å². The van der Waals surface area contributed by atoms with Gasteiger partial charge in [0.25, 0.3) is 0 Å². The molecule has 0 aromatic heterocycles. The number of esters is 1. The van der Waals surface area contributed by atoms with Crippen LogP contribution in [0, 0.1) is 5.41 Å². The molecule has 0 spiro atoms. The van der Waals surface area contributed by atoms with Crippen molar-refractivity contribution in [1.29, 1.82) is 0 Å². The lowest BCUT2D eigenvalue weighted by atomic mass is 9.89. The summed E-state index contributed by atoms with van der Waals surface area (Å²) in [6.45, 7) is 22.4. The predicted octanol–water partition coefficient (Wildman–Crippen LogP) is 6.47. The van der Waals surface area contributed by atoms with Gasteiger partial charge in [-0.2, -0.15) is 9.78 Å². The molecule has 1 rings (SSSR count). The molecule has 26 heavy (non-hydrogen) atoms. The van der Waals surface area contributed by atoms with Gasteiger partial charge in [0.05, 0.1) is 8.07 Å². The minimum absolute atomic E-state index is 0.310. The molecule has 154 valence electrons. The van der Waals surface area contributed by atoms with Crippen LogP contribution in [0.25, 0.3) is 0 Å². The fourth-order valence-electron chi connectivity index (χ4n) is 2.69. The van der Waals surface area contributed by atoms with Crippen LogP contribution in [0.3, 0.4) is 0 Å². The van der Waals surface area contributed by atoms with Crippen molar-refractivity contribution in [1.82, 2.24) is 0 Å². The lowest BCUT2D eigenvalue weighted by Crippen LogP contribution is -2.41. The van der Waals surface area contributed by atoms with Gasteiger partial charge in [0, 0.05) is 6.42 Å². The maximum atomic E-state index is 12.6. The molecule has 0 aromatic rings. The van der Waals surface area contributed by atoms with Gasteiger partial charge >= 0.3 is 11.8 Å². The second kappa shape index (κ2) is 7.92. The van der Waals surface area contributed by atoms with Crippen molar-refractivity contribution in [2.45, 2.75) is 123 Å². The number of hydrogen-bond donors (Lipinski definition) is 0. The topological polar surface area (TPSA) is 51.4 Å². The van der Waals surface area contributed by atoms with E-state index in [1.54, 1.807) is 0 Å². The Kier molecular flexibility index (Phi) is 7.20. The second-order valence-electron chi connectivity index (χ2n) is 11.5. The van der Waals surface area contributed by atoms with Gasteiger partial charge in [-0.3, -0.25) is 0 Å². The molecule has 0 aliphatic carbocycles. The summed E-state index contributed by atoms with van der Waals surface area (Å²) in [5, 5.41) is 0.337. The average Bonchev–Trinajstić information content (AvgIpc) is 3.20. The van der Waals surface area contributed by atoms with Gasteiger partial charge < -0.3 is 4.74 Å². The van der Waals surface area contributed by atoms with Crippen LogP contribution < -0.4 is 0 Å². The van der Waals surface area contributed by atoms with Crippen LogP contribution in [0.15, 0.2) is 0 Å². The Hall–Kier alpha value is -0.393. The third-order valence-corrected chi connectivity index (χ3v) is 11.6. The first kappa shape index (κ1) is 23.6. The van der Waals surface area contributed by atoms with E-state index in [9.17, 15) is 4.79 Å². The first-order valence-electron chi connectivity index (χ1n) is 10.1. The number of ether oxygens (including phenoxy) is 1. The maximum Gasteiger partial charge on any atom is 0.373 e.